The van der Waals surface area contributed by atoms with E-state index in [1.165, 1.54) is 49.4 Å². The summed E-state index contributed by atoms with van der Waals surface area (Å²) in [5.41, 5.74) is 0.693. The molecular weight excluding hydrogens is 395 g/mol. The molecule has 0 bridgehead atoms. The quantitative estimate of drug-likeness (QED) is 0.695. The number of carbonyl (C=O) groups is 1. The molecule has 0 fully saturated rings. The van der Waals surface area contributed by atoms with Crippen molar-refractivity contribution >= 4 is 27.5 Å². The molecule has 0 saturated heterocycles. The van der Waals surface area contributed by atoms with Crippen LogP contribution in [0.2, 0.25) is 5.02 Å². The Hall–Kier alpha value is -2.16. The molecule has 6 nitrogen and oxygen atoms in total. The summed E-state index contributed by atoms with van der Waals surface area (Å²) >= 11 is 6.02. The van der Waals surface area contributed by atoms with Gasteiger partial charge in [0.2, 0.25) is 15.9 Å². The molecule has 27 heavy (non-hydrogen) atoms. The fourth-order valence-corrected chi connectivity index (χ4v) is 3.75. The van der Waals surface area contributed by atoms with E-state index in [2.05, 4.69) is 10.0 Å². The number of halogens is 2. The normalized spacial score (nSPS) is 12.4. The molecule has 0 radical (unpaired) electrons. The van der Waals surface area contributed by atoms with Crippen molar-refractivity contribution in [3.8, 4) is 5.75 Å². The molecule has 1 amide bonds. The van der Waals surface area contributed by atoms with Gasteiger partial charge in [-0.1, -0.05) is 23.7 Å². The number of carbonyl (C=O) groups excluding carboxylic acids is 1. The number of hydrogen-bond donors (Lipinski definition) is 2. The molecule has 0 saturated carbocycles. The van der Waals surface area contributed by atoms with Gasteiger partial charge in [0.15, 0.2) is 0 Å². The summed E-state index contributed by atoms with van der Waals surface area (Å²) in [6, 6.07) is 8.69. The van der Waals surface area contributed by atoms with Crippen LogP contribution in [0.15, 0.2) is 47.4 Å². The fourth-order valence-electron chi connectivity index (χ4n) is 2.22. The average molecular weight is 415 g/mol. The van der Waals surface area contributed by atoms with Gasteiger partial charge in [0.1, 0.15) is 11.6 Å². The number of amides is 1. The number of hydrogen-bond acceptors (Lipinski definition) is 4. The number of ether oxygens (including phenoxy) is 1. The Morgan fingerprint density at radius 2 is 1.89 bits per heavy atom. The van der Waals surface area contributed by atoms with Gasteiger partial charge in [-0.2, -0.15) is 4.72 Å². The monoisotopic (exact) mass is 414 g/mol. The van der Waals surface area contributed by atoms with Gasteiger partial charge in [-0.05, 0) is 49.7 Å². The van der Waals surface area contributed by atoms with Crippen LogP contribution in [0, 0.1) is 5.82 Å². The van der Waals surface area contributed by atoms with E-state index < -0.39 is 22.0 Å². The van der Waals surface area contributed by atoms with E-state index in [0.717, 1.165) is 0 Å². The molecule has 0 heterocycles. The van der Waals surface area contributed by atoms with Crippen LogP contribution >= 0.6 is 11.6 Å². The van der Waals surface area contributed by atoms with Crippen LogP contribution in [0.25, 0.3) is 0 Å². The Morgan fingerprint density at radius 1 is 1.22 bits per heavy atom. The van der Waals surface area contributed by atoms with Gasteiger partial charge in [0.05, 0.1) is 22.6 Å². The van der Waals surface area contributed by atoms with Crippen LogP contribution in [0.5, 0.6) is 5.75 Å². The minimum Gasteiger partial charge on any atom is -0.492 e. The SMILES string of the molecule is CCOc1ccc(S(=O)(=O)N[C@@H](C)C(=O)NCc2ccc(F)cc2)cc1Cl. The van der Waals surface area contributed by atoms with Gasteiger partial charge in [0, 0.05) is 6.54 Å². The van der Waals surface area contributed by atoms with Crippen molar-refractivity contribution in [2.24, 2.45) is 0 Å². The summed E-state index contributed by atoms with van der Waals surface area (Å²) < 4.78 is 45.3. The van der Waals surface area contributed by atoms with Crippen molar-refractivity contribution in [2.75, 3.05) is 6.61 Å². The molecule has 146 valence electrons. The van der Waals surface area contributed by atoms with Crippen molar-refractivity contribution < 1.29 is 22.3 Å². The number of sulfonamides is 1. The zero-order valence-electron chi connectivity index (χ0n) is 14.8. The van der Waals surface area contributed by atoms with E-state index in [-0.39, 0.29) is 22.3 Å². The summed E-state index contributed by atoms with van der Waals surface area (Å²) in [6.07, 6.45) is 0. The van der Waals surface area contributed by atoms with Crippen molar-refractivity contribution in [1.82, 2.24) is 10.0 Å². The Bertz CT molecular complexity index is 904. The first kappa shape index (κ1) is 21.1. The van der Waals surface area contributed by atoms with Gasteiger partial charge >= 0.3 is 0 Å². The smallest absolute Gasteiger partial charge is 0.241 e. The second-order valence-electron chi connectivity index (χ2n) is 5.71. The first-order valence-corrected chi connectivity index (χ1v) is 10.1. The summed E-state index contributed by atoms with van der Waals surface area (Å²) in [6.45, 7) is 3.76. The summed E-state index contributed by atoms with van der Waals surface area (Å²) in [5.74, 6) is -0.511. The Kier molecular flexibility index (Phi) is 7.18. The maximum absolute atomic E-state index is 12.9. The van der Waals surface area contributed by atoms with E-state index in [4.69, 9.17) is 16.3 Å². The van der Waals surface area contributed by atoms with Crippen LogP contribution < -0.4 is 14.8 Å². The molecule has 9 heteroatoms. The average Bonchev–Trinajstić information content (AvgIpc) is 2.62. The van der Waals surface area contributed by atoms with Crippen LogP contribution in [0.3, 0.4) is 0 Å². The summed E-state index contributed by atoms with van der Waals surface area (Å²) in [5, 5.41) is 2.76. The zero-order chi connectivity index (χ0) is 20.0. The zero-order valence-corrected chi connectivity index (χ0v) is 16.4. The van der Waals surface area contributed by atoms with Crippen LogP contribution in [-0.4, -0.2) is 27.0 Å². The van der Waals surface area contributed by atoms with Crippen LogP contribution in [-0.2, 0) is 21.4 Å². The molecule has 0 unspecified atom stereocenters. The Balaban J connectivity index is 2.00. The molecule has 2 aromatic carbocycles. The highest BCUT2D eigenvalue weighted by Gasteiger charge is 2.22. The standard InChI is InChI=1S/C18H20ClFN2O4S/c1-3-26-17-9-8-15(10-16(17)19)27(24,25)22-12(2)18(23)21-11-13-4-6-14(20)7-5-13/h4-10,12,22H,3,11H2,1-2H3,(H,21,23)/t12-/m0/s1. The van der Waals surface area contributed by atoms with Gasteiger partial charge in [0.25, 0.3) is 0 Å². The highest BCUT2D eigenvalue weighted by atomic mass is 35.5. The van der Waals surface area contributed by atoms with E-state index in [9.17, 15) is 17.6 Å². The molecule has 2 aromatic rings. The molecular formula is C18H20ClFN2O4S. The lowest BCUT2D eigenvalue weighted by molar-refractivity contribution is -0.122. The molecule has 0 aliphatic heterocycles. The minimum atomic E-state index is -3.95. The third-order valence-electron chi connectivity index (χ3n) is 3.62. The number of rotatable bonds is 8. The van der Waals surface area contributed by atoms with Crippen LogP contribution in [0.4, 0.5) is 4.39 Å². The maximum Gasteiger partial charge on any atom is 0.241 e. The Morgan fingerprint density at radius 3 is 2.48 bits per heavy atom. The summed E-state index contributed by atoms with van der Waals surface area (Å²) in [7, 11) is -3.95. The van der Waals surface area contributed by atoms with Crippen molar-refractivity contribution in [1.29, 1.82) is 0 Å². The third-order valence-corrected chi connectivity index (χ3v) is 5.45. The van der Waals surface area contributed by atoms with Gasteiger partial charge in [-0.15, -0.1) is 0 Å². The predicted molar refractivity (Wildman–Crippen MR) is 101 cm³/mol. The maximum atomic E-state index is 12.9. The number of nitrogens with one attached hydrogen (secondary N) is 2. The molecule has 2 N–H and O–H groups in total. The fraction of sp³-hybridized carbons (Fsp3) is 0.278. The van der Waals surface area contributed by atoms with E-state index >= 15 is 0 Å². The van der Waals surface area contributed by atoms with E-state index in [1.54, 1.807) is 6.92 Å². The molecule has 0 aromatic heterocycles. The molecule has 0 aliphatic carbocycles. The van der Waals surface area contributed by atoms with Crippen molar-refractivity contribution in [3.05, 3.63) is 58.9 Å². The van der Waals surface area contributed by atoms with E-state index in [0.29, 0.717) is 17.9 Å². The lowest BCUT2D eigenvalue weighted by Crippen LogP contribution is -2.44. The molecule has 1 atom stereocenters. The van der Waals surface area contributed by atoms with Gasteiger partial charge < -0.3 is 10.1 Å². The topological polar surface area (TPSA) is 84.5 Å². The minimum absolute atomic E-state index is 0.0749. The van der Waals surface area contributed by atoms with Crippen molar-refractivity contribution in [3.63, 3.8) is 0 Å². The first-order chi connectivity index (χ1) is 12.7. The second kappa shape index (κ2) is 9.16. The highest BCUT2D eigenvalue weighted by Crippen LogP contribution is 2.27. The first-order valence-electron chi connectivity index (χ1n) is 8.19. The summed E-state index contributed by atoms with van der Waals surface area (Å²) in [4.78, 5) is 12.1. The predicted octanol–water partition coefficient (Wildman–Crippen LogP) is 2.86. The van der Waals surface area contributed by atoms with Crippen LogP contribution in [0.1, 0.15) is 19.4 Å². The van der Waals surface area contributed by atoms with Gasteiger partial charge in [-0.25, -0.2) is 12.8 Å². The Labute approximate surface area is 162 Å². The van der Waals surface area contributed by atoms with Gasteiger partial charge in [-0.3, -0.25) is 4.79 Å². The van der Waals surface area contributed by atoms with Crippen molar-refractivity contribution in [2.45, 2.75) is 31.3 Å². The highest BCUT2D eigenvalue weighted by molar-refractivity contribution is 7.89. The lowest BCUT2D eigenvalue weighted by atomic mass is 10.2. The second-order valence-corrected chi connectivity index (χ2v) is 7.83. The molecule has 0 spiro atoms. The molecule has 2 rings (SSSR count). The largest absolute Gasteiger partial charge is 0.492 e. The lowest BCUT2D eigenvalue weighted by Gasteiger charge is -2.15. The molecule has 0 aliphatic rings. The third kappa shape index (κ3) is 5.92. The van der Waals surface area contributed by atoms with E-state index in [1.807, 2.05) is 0 Å². The number of benzene rings is 2.